The van der Waals surface area contributed by atoms with Gasteiger partial charge in [0.05, 0.1) is 17.4 Å². The molecule has 3 heterocycles. The van der Waals surface area contributed by atoms with Crippen molar-refractivity contribution in [2.24, 2.45) is 0 Å². The molecule has 0 radical (unpaired) electrons. The van der Waals surface area contributed by atoms with Crippen LogP contribution in [0.25, 0.3) is 0 Å². The van der Waals surface area contributed by atoms with Crippen LogP contribution in [0, 0.1) is 6.92 Å². The second kappa shape index (κ2) is 5.23. The largest absolute Gasteiger partial charge is 0.390 e. The second-order valence-electron chi connectivity index (χ2n) is 5.78. The van der Waals surface area contributed by atoms with Crippen molar-refractivity contribution in [2.75, 3.05) is 19.7 Å². The van der Waals surface area contributed by atoms with E-state index in [4.69, 9.17) is 9.26 Å². The lowest BCUT2D eigenvalue weighted by Crippen LogP contribution is -2.55. The fraction of sp³-hybridized carbons (Fsp3) is 0.786. The zero-order valence-corrected chi connectivity index (χ0v) is 11.5. The Kier molecular flexibility index (Phi) is 3.60. The lowest BCUT2D eigenvalue weighted by atomic mass is 9.82. The number of ether oxygens (including phenoxy) is 1. The molecule has 19 heavy (non-hydrogen) atoms. The number of hydrogen-bond acceptors (Lipinski definition) is 5. The van der Waals surface area contributed by atoms with Gasteiger partial charge in [0, 0.05) is 32.3 Å². The molecule has 0 bridgehead atoms. The summed E-state index contributed by atoms with van der Waals surface area (Å²) in [7, 11) is 0. The Morgan fingerprint density at radius 3 is 2.89 bits per heavy atom. The molecule has 1 spiro atoms. The van der Waals surface area contributed by atoms with Gasteiger partial charge in [-0.3, -0.25) is 4.90 Å². The average Bonchev–Trinajstić information content (AvgIpc) is 2.81. The summed E-state index contributed by atoms with van der Waals surface area (Å²) in [6, 6.07) is 1.98. The lowest BCUT2D eigenvalue weighted by Gasteiger charge is -2.46. The minimum absolute atomic E-state index is 0.283. The number of rotatable bonds is 2. The van der Waals surface area contributed by atoms with Gasteiger partial charge in [0.1, 0.15) is 5.76 Å². The average molecular weight is 266 g/mol. The third-order valence-electron chi connectivity index (χ3n) is 4.38. The number of aromatic nitrogens is 1. The molecule has 1 aromatic rings. The highest BCUT2D eigenvalue weighted by Crippen LogP contribution is 2.35. The maximum absolute atomic E-state index is 10.2. The lowest BCUT2D eigenvalue weighted by molar-refractivity contribution is -0.177. The van der Waals surface area contributed by atoms with Crippen molar-refractivity contribution in [2.45, 2.75) is 50.9 Å². The molecule has 1 aromatic heterocycles. The first kappa shape index (κ1) is 13.1. The van der Waals surface area contributed by atoms with Crippen LogP contribution in [-0.4, -0.2) is 46.6 Å². The SMILES string of the molecule is Cc1cc(CN2CCC3(CC2)OCCC[C@@H]3O)no1. The zero-order chi connectivity index (χ0) is 13.3. The predicted octanol–water partition coefficient (Wildman–Crippen LogP) is 1.49. The van der Waals surface area contributed by atoms with Gasteiger partial charge < -0.3 is 14.4 Å². The smallest absolute Gasteiger partial charge is 0.133 e. The fourth-order valence-corrected chi connectivity index (χ4v) is 3.20. The van der Waals surface area contributed by atoms with Crippen molar-refractivity contribution < 1.29 is 14.4 Å². The van der Waals surface area contributed by atoms with Crippen molar-refractivity contribution >= 4 is 0 Å². The van der Waals surface area contributed by atoms with Crippen LogP contribution in [0.5, 0.6) is 0 Å². The van der Waals surface area contributed by atoms with Crippen molar-refractivity contribution in [3.05, 3.63) is 17.5 Å². The van der Waals surface area contributed by atoms with Crippen LogP contribution in [0.2, 0.25) is 0 Å². The molecule has 0 unspecified atom stereocenters. The van der Waals surface area contributed by atoms with E-state index in [0.717, 1.165) is 63.4 Å². The summed E-state index contributed by atoms with van der Waals surface area (Å²) >= 11 is 0. The van der Waals surface area contributed by atoms with Gasteiger partial charge in [0.2, 0.25) is 0 Å². The molecule has 5 heteroatoms. The van der Waals surface area contributed by atoms with Crippen molar-refractivity contribution in [1.29, 1.82) is 0 Å². The number of aliphatic hydroxyl groups excluding tert-OH is 1. The summed E-state index contributed by atoms with van der Waals surface area (Å²) in [4.78, 5) is 2.35. The molecule has 0 aromatic carbocycles. The molecule has 0 aliphatic carbocycles. The van der Waals surface area contributed by atoms with Crippen LogP contribution < -0.4 is 0 Å². The van der Waals surface area contributed by atoms with Gasteiger partial charge in [-0.05, 0) is 32.6 Å². The Balaban J connectivity index is 1.57. The highest BCUT2D eigenvalue weighted by molar-refractivity contribution is 5.04. The maximum atomic E-state index is 10.2. The standard InChI is InChI=1S/C14H22N2O3/c1-11-9-12(15-19-11)10-16-6-4-14(5-7-16)13(17)3-2-8-18-14/h9,13,17H,2-8,10H2,1H3/t13-/m0/s1. The highest BCUT2D eigenvalue weighted by Gasteiger charge is 2.43. The first-order chi connectivity index (χ1) is 9.18. The Labute approximate surface area is 113 Å². The van der Waals surface area contributed by atoms with Crippen LogP contribution in [0.15, 0.2) is 10.6 Å². The number of aryl methyl sites for hydroxylation is 1. The van der Waals surface area contributed by atoms with E-state index in [9.17, 15) is 5.11 Å². The summed E-state index contributed by atoms with van der Waals surface area (Å²) in [5.74, 6) is 0.856. The van der Waals surface area contributed by atoms with E-state index < -0.39 is 0 Å². The van der Waals surface area contributed by atoms with E-state index in [-0.39, 0.29) is 11.7 Å². The monoisotopic (exact) mass is 266 g/mol. The third kappa shape index (κ3) is 2.68. The zero-order valence-electron chi connectivity index (χ0n) is 11.5. The Morgan fingerprint density at radius 2 is 2.26 bits per heavy atom. The molecule has 5 nitrogen and oxygen atoms in total. The van der Waals surface area contributed by atoms with Gasteiger partial charge in [0.25, 0.3) is 0 Å². The molecule has 2 aliphatic heterocycles. The summed E-state index contributed by atoms with van der Waals surface area (Å²) in [5.41, 5.74) is 0.702. The molecule has 3 rings (SSSR count). The highest BCUT2D eigenvalue weighted by atomic mass is 16.5. The van der Waals surface area contributed by atoms with Crippen molar-refractivity contribution in [1.82, 2.24) is 10.1 Å². The van der Waals surface area contributed by atoms with Crippen LogP contribution >= 0.6 is 0 Å². The predicted molar refractivity (Wildman–Crippen MR) is 69.7 cm³/mol. The van der Waals surface area contributed by atoms with E-state index in [1.807, 2.05) is 13.0 Å². The summed E-state index contributed by atoms with van der Waals surface area (Å²) in [6.07, 6.45) is 3.38. The van der Waals surface area contributed by atoms with Crippen LogP contribution in [0.3, 0.4) is 0 Å². The molecule has 2 saturated heterocycles. The Bertz CT molecular complexity index is 424. The number of hydrogen-bond donors (Lipinski definition) is 1. The quantitative estimate of drug-likeness (QED) is 0.879. The summed E-state index contributed by atoms with van der Waals surface area (Å²) < 4.78 is 11.0. The number of aliphatic hydroxyl groups is 1. The first-order valence-electron chi connectivity index (χ1n) is 7.14. The molecular weight excluding hydrogens is 244 g/mol. The Morgan fingerprint density at radius 1 is 1.47 bits per heavy atom. The van der Waals surface area contributed by atoms with E-state index in [2.05, 4.69) is 10.1 Å². The maximum Gasteiger partial charge on any atom is 0.133 e. The van der Waals surface area contributed by atoms with Crippen molar-refractivity contribution in [3.63, 3.8) is 0 Å². The first-order valence-corrected chi connectivity index (χ1v) is 7.14. The number of piperidine rings is 1. The van der Waals surface area contributed by atoms with Gasteiger partial charge in [-0.1, -0.05) is 5.16 Å². The normalized spacial score (nSPS) is 27.8. The fourth-order valence-electron chi connectivity index (χ4n) is 3.20. The van der Waals surface area contributed by atoms with Gasteiger partial charge in [-0.25, -0.2) is 0 Å². The number of nitrogens with zero attached hydrogens (tertiary/aromatic N) is 2. The minimum atomic E-state index is -0.294. The Hall–Kier alpha value is -0.910. The molecule has 2 aliphatic rings. The van der Waals surface area contributed by atoms with Crippen LogP contribution in [-0.2, 0) is 11.3 Å². The second-order valence-corrected chi connectivity index (χ2v) is 5.78. The minimum Gasteiger partial charge on any atom is -0.390 e. The van der Waals surface area contributed by atoms with E-state index >= 15 is 0 Å². The van der Waals surface area contributed by atoms with Crippen LogP contribution in [0.4, 0.5) is 0 Å². The molecular formula is C14H22N2O3. The molecule has 2 fully saturated rings. The van der Waals surface area contributed by atoms with E-state index in [1.54, 1.807) is 0 Å². The van der Waals surface area contributed by atoms with Crippen LogP contribution in [0.1, 0.15) is 37.1 Å². The molecule has 106 valence electrons. The van der Waals surface area contributed by atoms with E-state index in [1.165, 1.54) is 0 Å². The summed E-state index contributed by atoms with van der Waals surface area (Å²) in [6.45, 7) is 5.42. The molecule has 0 saturated carbocycles. The van der Waals surface area contributed by atoms with Crippen molar-refractivity contribution in [3.8, 4) is 0 Å². The van der Waals surface area contributed by atoms with E-state index in [0.29, 0.717) is 0 Å². The molecule has 0 amide bonds. The third-order valence-corrected chi connectivity index (χ3v) is 4.38. The number of likely N-dealkylation sites (tertiary alicyclic amines) is 1. The molecule has 1 atom stereocenters. The molecule has 1 N–H and O–H groups in total. The topological polar surface area (TPSA) is 58.7 Å². The summed E-state index contributed by atoms with van der Waals surface area (Å²) in [5, 5.41) is 14.2. The van der Waals surface area contributed by atoms with Gasteiger partial charge >= 0.3 is 0 Å². The van der Waals surface area contributed by atoms with Gasteiger partial charge in [0.15, 0.2) is 0 Å². The van der Waals surface area contributed by atoms with Gasteiger partial charge in [-0.15, -0.1) is 0 Å². The van der Waals surface area contributed by atoms with Gasteiger partial charge in [-0.2, -0.15) is 0 Å².